The van der Waals surface area contributed by atoms with E-state index in [0.29, 0.717) is 19.8 Å². The summed E-state index contributed by atoms with van der Waals surface area (Å²) in [6, 6.07) is 10.0. The van der Waals surface area contributed by atoms with Gasteiger partial charge >= 0.3 is 5.97 Å². The van der Waals surface area contributed by atoms with Gasteiger partial charge in [-0.05, 0) is 36.2 Å². The quantitative estimate of drug-likeness (QED) is 0.232. The number of rotatable bonds is 11. The lowest BCUT2D eigenvalue weighted by Gasteiger charge is -2.29. The van der Waals surface area contributed by atoms with Crippen LogP contribution in [-0.2, 0) is 14.2 Å². The Morgan fingerprint density at radius 3 is 2.41 bits per heavy atom. The zero-order valence-electron chi connectivity index (χ0n) is 19.2. The van der Waals surface area contributed by atoms with E-state index < -0.39 is 28.9 Å². The molecule has 2 atom stereocenters. The van der Waals surface area contributed by atoms with E-state index in [2.05, 4.69) is 6.92 Å². The second kappa shape index (κ2) is 13.1. The van der Waals surface area contributed by atoms with Crippen molar-refractivity contribution >= 4 is 5.97 Å². The molecule has 2 aromatic rings. The van der Waals surface area contributed by atoms with Gasteiger partial charge < -0.3 is 18.9 Å². The van der Waals surface area contributed by atoms with Gasteiger partial charge in [0, 0.05) is 6.61 Å². The van der Waals surface area contributed by atoms with Crippen LogP contribution < -0.4 is 4.74 Å². The van der Waals surface area contributed by atoms with Gasteiger partial charge in [-0.3, -0.25) is 0 Å². The van der Waals surface area contributed by atoms with Crippen LogP contribution in [0.25, 0.3) is 0 Å². The van der Waals surface area contributed by atoms with Crippen LogP contribution in [0.2, 0.25) is 0 Å². The first kappa shape index (κ1) is 25.8. The fraction of sp³-hybridized carbons (Fsp3) is 0.462. The molecule has 0 N–H and O–H groups in total. The van der Waals surface area contributed by atoms with Crippen molar-refractivity contribution < 1.29 is 32.5 Å². The minimum absolute atomic E-state index is 0.157. The molecule has 34 heavy (non-hydrogen) atoms. The molecule has 8 heteroatoms. The van der Waals surface area contributed by atoms with Crippen molar-refractivity contribution in [3.63, 3.8) is 0 Å². The summed E-state index contributed by atoms with van der Waals surface area (Å²) >= 11 is 0. The first-order valence-electron chi connectivity index (χ1n) is 11.6. The molecular weight excluding hydrogens is 444 g/mol. The second-order valence-corrected chi connectivity index (χ2v) is 8.09. The number of hydrogen-bond acceptors (Lipinski definition) is 6. The topological polar surface area (TPSA) is 77.8 Å². The second-order valence-electron chi connectivity index (χ2n) is 8.09. The summed E-state index contributed by atoms with van der Waals surface area (Å²) in [7, 11) is 0. The zero-order chi connectivity index (χ0) is 24.3. The monoisotopic (exact) mass is 473 g/mol. The number of esters is 1. The van der Waals surface area contributed by atoms with Gasteiger partial charge in [-0.15, -0.1) is 0 Å². The highest BCUT2D eigenvalue weighted by Crippen LogP contribution is 2.26. The van der Waals surface area contributed by atoms with Gasteiger partial charge in [0.25, 0.3) is 0 Å². The maximum atomic E-state index is 14.0. The third-order valence-electron chi connectivity index (χ3n) is 5.56. The molecule has 1 saturated heterocycles. The van der Waals surface area contributed by atoms with Crippen LogP contribution in [0.3, 0.4) is 0 Å². The average Bonchev–Trinajstić information content (AvgIpc) is 2.87. The molecule has 3 rings (SSSR count). The lowest BCUT2D eigenvalue weighted by atomic mass is 10.1. The van der Waals surface area contributed by atoms with Gasteiger partial charge in [0.1, 0.15) is 12.2 Å². The maximum Gasteiger partial charge on any atom is 0.343 e. The molecule has 0 spiro atoms. The third-order valence-corrected chi connectivity index (χ3v) is 5.56. The summed E-state index contributed by atoms with van der Waals surface area (Å²) in [5.41, 5.74) is 0.498. The number of ether oxygens (including phenoxy) is 4. The van der Waals surface area contributed by atoms with Gasteiger partial charge in [0.05, 0.1) is 24.3 Å². The van der Waals surface area contributed by atoms with Crippen molar-refractivity contribution in [1.29, 1.82) is 5.26 Å². The molecule has 1 fully saturated rings. The molecule has 0 aliphatic carbocycles. The van der Waals surface area contributed by atoms with E-state index in [0.717, 1.165) is 30.5 Å². The number of benzene rings is 2. The van der Waals surface area contributed by atoms with Crippen molar-refractivity contribution in [3.05, 3.63) is 64.7 Å². The molecule has 182 valence electrons. The number of carbonyl (C=O) groups excluding carboxylic acids is 1. The van der Waals surface area contributed by atoms with Crippen LogP contribution in [0.5, 0.6) is 5.75 Å². The third kappa shape index (κ3) is 7.07. The van der Waals surface area contributed by atoms with Crippen LogP contribution in [0.4, 0.5) is 8.78 Å². The van der Waals surface area contributed by atoms with Crippen molar-refractivity contribution in [2.75, 3.05) is 19.8 Å². The SMILES string of the molecule is CCCCCCCCOC1COC(c2ccc(C(=O)Oc3ccc(C#N)c(F)c3F)cc2)CO1. The molecule has 0 saturated carbocycles. The predicted molar refractivity (Wildman–Crippen MR) is 120 cm³/mol. The van der Waals surface area contributed by atoms with Crippen LogP contribution in [0.15, 0.2) is 36.4 Å². The normalized spacial score (nSPS) is 17.8. The lowest BCUT2D eigenvalue weighted by Crippen LogP contribution is -2.33. The molecule has 0 bridgehead atoms. The fourth-order valence-electron chi connectivity index (χ4n) is 3.56. The first-order chi connectivity index (χ1) is 16.5. The maximum absolute atomic E-state index is 14.0. The molecule has 1 heterocycles. The minimum atomic E-state index is -1.38. The number of nitriles is 1. The van der Waals surface area contributed by atoms with Crippen LogP contribution in [0.1, 0.15) is 73.0 Å². The van der Waals surface area contributed by atoms with E-state index in [1.54, 1.807) is 12.1 Å². The summed E-state index contributed by atoms with van der Waals surface area (Å²) < 4.78 is 50.0. The Labute approximate surface area is 198 Å². The van der Waals surface area contributed by atoms with E-state index in [1.807, 2.05) is 0 Å². The van der Waals surface area contributed by atoms with Crippen molar-refractivity contribution in [3.8, 4) is 11.8 Å². The van der Waals surface area contributed by atoms with E-state index in [9.17, 15) is 13.6 Å². The van der Waals surface area contributed by atoms with Crippen LogP contribution >= 0.6 is 0 Å². The summed E-state index contributed by atoms with van der Waals surface area (Å²) in [6.45, 7) is 3.48. The highest BCUT2D eigenvalue weighted by molar-refractivity contribution is 5.91. The Morgan fingerprint density at radius 2 is 1.74 bits per heavy atom. The van der Waals surface area contributed by atoms with E-state index >= 15 is 0 Å². The van der Waals surface area contributed by atoms with E-state index in [1.165, 1.54) is 43.9 Å². The highest BCUT2D eigenvalue weighted by atomic mass is 19.2. The molecule has 0 amide bonds. The van der Waals surface area contributed by atoms with Gasteiger partial charge in [-0.2, -0.15) is 9.65 Å². The largest absolute Gasteiger partial charge is 0.420 e. The van der Waals surface area contributed by atoms with Crippen molar-refractivity contribution in [1.82, 2.24) is 0 Å². The Hall–Kier alpha value is -2.86. The molecule has 1 aliphatic heterocycles. The summed E-state index contributed by atoms with van der Waals surface area (Å²) in [4.78, 5) is 12.3. The van der Waals surface area contributed by atoms with E-state index in [4.69, 9.17) is 24.2 Å². The van der Waals surface area contributed by atoms with Crippen molar-refractivity contribution in [2.24, 2.45) is 0 Å². The Kier molecular flexibility index (Phi) is 9.95. The minimum Gasteiger partial charge on any atom is -0.420 e. The number of halogens is 2. The van der Waals surface area contributed by atoms with Gasteiger partial charge in [-0.1, -0.05) is 51.2 Å². The number of carbonyl (C=O) groups is 1. The first-order valence-corrected chi connectivity index (χ1v) is 11.6. The van der Waals surface area contributed by atoms with Crippen molar-refractivity contribution in [2.45, 2.75) is 57.8 Å². The lowest BCUT2D eigenvalue weighted by molar-refractivity contribution is -0.236. The van der Waals surface area contributed by atoms with Crippen LogP contribution in [-0.4, -0.2) is 32.1 Å². The zero-order valence-corrected chi connectivity index (χ0v) is 19.2. The van der Waals surface area contributed by atoms with E-state index in [-0.39, 0.29) is 18.0 Å². The Morgan fingerprint density at radius 1 is 1.00 bits per heavy atom. The molecule has 6 nitrogen and oxygen atoms in total. The molecule has 2 unspecified atom stereocenters. The van der Waals surface area contributed by atoms with Gasteiger partial charge in [-0.25, -0.2) is 9.18 Å². The number of unbranched alkanes of at least 4 members (excludes halogenated alkanes) is 5. The Balaban J connectivity index is 1.44. The number of hydrogen-bond donors (Lipinski definition) is 0. The highest BCUT2D eigenvalue weighted by Gasteiger charge is 2.24. The standard InChI is InChI=1S/C26H29F2NO5/c1-2-3-4-5-6-7-14-31-23-17-32-22(16-33-23)18-8-10-19(11-9-18)26(30)34-21-13-12-20(15-29)24(27)25(21)28/h8-13,22-23H,2-7,14,16-17H2,1H3. The summed E-state index contributed by atoms with van der Waals surface area (Å²) in [6.07, 6.45) is 6.47. The predicted octanol–water partition coefficient (Wildman–Crippen LogP) is 5.85. The number of nitrogens with zero attached hydrogens (tertiary/aromatic N) is 1. The molecule has 0 aromatic heterocycles. The average molecular weight is 474 g/mol. The molecule has 1 aliphatic rings. The van der Waals surface area contributed by atoms with Crippen LogP contribution in [0, 0.1) is 23.0 Å². The van der Waals surface area contributed by atoms with Gasteiger partial charge in [0.15, 0.2) is 17.9 Å². The fourth-order valence-corrected chi connectivity index (χ4v) is 3.56. The van der Waals surface area contributed by atoms with Gasteiger partial charge in [0.2, 0.25) is 5.82 Å². The summed E-state index contributed by atoms with van der Waals surface area (Å²) in [5, 5.41) is 8.73. The Bertz CT molecular complexity index is 982. The molecule has 0 radical (unpaired) electrons. The molecular formula is C26H29F2NO5. The smallest absolute Gasteiger partial charge is 0.343 e. The summed E-state index contributed by atoms with van der Waals surface area (Å²) in [5.74, 6) is -4.17. The molecule has 2 aromatic carbocycles.